The highest BCUT2D eigenvalue weighted by molar-refractivity contribution is 5.98. The predicted octanol–water partition coefficient (Wildman–Crippen LogP) is 5.68. The average molecular weight is 702 g/mol. The minimum Gasteiger partial charge on any atom is -0.493 e. The van der Waals surface area contributed by atoms with Crippen molar-refractivity contribution in [2.75, 3.05) is 31.3 Å². The summed E-state index contributed by atoms with van der Waals surface area (Å²) in [6, 6.07) is 1.18. The van der Waals surface area contributed by atoms with Crippen molar-refractivity contribution in [2.45, 2.75) is 57.5 Å². The molecule has 264 valence electrons. The molecule has 5 rings (SSSR count). The number of pyridine rings is 1. The lowest BCUT2D eigenvalue weighted by atomic mass is 9.88. The molecule has 3 aromatic rings. The number of ether oxygens (including phenoxy) is 2. The molecule has 8 nitrogen and oxygen atoms in total. The van der Waals surface area contributed by atoms with Gasteiger partial charge in [-0.05, 0) is 56.0 Å². The maximum absolute atomic E-state index is 15.2. The van der Waals surface area contributed by atoms with E-state index in [1.54, 1.807) is 0 Å². The van der Waals surface area contributed by atoms with Crippen molar-refractivity contribution in [2.24, 2.45) is 7.05 Å². The van der Waals surface area contributed by atoms with Crippen molar-refractivity contribution in [1.82, 2.24) is 9.88 Å². The van der Waals surface area contributed by atoms with Crippen molar-refractivity contribution in [3.8, 4) is 16.9 Å². The molecule has 0 saturated carbocycles. The van der Waals surface area contributed by atoms with Crippen LogP contribution in [0.25, 0.3) is 11.1 Å². The number of alkyl halides is 6. The van der Waals surface area contributed by atoms with Gasteiger partial charge in [-0.25, -0.2) is 8.78 Å². The summed E-state index contributed by atoms with van der Waals surface area (Å²) in [6.45, 7) is 1.41. The smallest absolute Gasteiger partial charge is 0.417 e. The largest absolute Gasteiger partial charge is 0.493 e. The fraction of sp³-hybridized carbons (Fsp3) is 0.424. The van der Waals surface area contributed by atoms with Crippen molar-refractivity contribution >= 4 is 17.4 Å². The molecule has 1 amide bonds. The van der Waals surface area contributed by atoms with Crippen LogP contribution in [-0.2, 0) is 35.6 Å². The third kappa shape index (κ3) is 7.14. The molecule has 0 aliphatic carbocycles. The number of benzene rings is 2. The zero-order valence-electron chi connectivity index (χ0n) is 26.5. The van der Waals surface area contributed by atoms with Crippen LogP contribution in [0, 0.1) is 18.6 Å². The van der Waals surface area contributed by atoms with Gasteiger partial charge in [0.2, 0.25) is 0 Å². The number of nitrogens with zero attached hydrogens (tertiary/aromatic N) is 2. The van der Waals surface area contributed by atoms with E-state index in [-0.39, 0.29) is 49.6 Å². The van der Waals surface area contributed by atoms with E-state index >= 15 is 8.78 Å². The van der Waals surface area contributed by atoms with Crippen LogP contribution in [-0.4, -0.2) is 60.9 Å². The van der Waals surface area contributed by atoms with Crippen LogP contribution in [0.5, 0.6) is 5.75 Å². The van der Waals surface area contributed by atoms with Crippen LogP contribution in [0.15, 0.2) is 35.1 Å². The monoisotopic (exact) mass is 701 g/mol. The minimum atomic E-state index is -4.87. The summed E-state index contributed by atoms with van der Waals surface area (Å²) in [7, 11) is 1.34. The molecule has 2 aliphatic rings. The van der Waals surface area contributed by atoms with Crippen LogP contribution >= 0.6 is 0 Å². The van der Waals surface area contributed by atoms with Crippen molar-refractivity contribution in [3.05, 3.63) is 80.3 Å². The van der Waals surface area contributed by atoms with Crippen molar-refractivity contribution < 1.29 is 54.2 Å². The minimum absolute atomic E-state index is 0.0109. The Morgan fingerprint density at radius 1 is 1.04 bits per heavy atom. The summed E-state index contributed by atoms with van der Waals surface area (Å²) in [5.41, 5.74) is -3.49. The first-order valence-electron chi connectivity index (χ1n) is 15.2. The number of aromatic nitrogens is 1. The number of anilines is 1. The number of hydrogen-bond acceptors (Lipinski definition) is 6. The first-order valence-corrected chi connectivity index (χ1v) is 15.2. The van der Waals surface area contributed by atoms with Gasteiger partial charge in [0, 0.05) is 37.0 Å². The molecule has 0 radical (unpaired) electrons. The molecule has 2 aliphatic heterocycles. The maximum atomic E-state index is 15.2. The first-order chi connectivity index (χ1) is 22.9. The Morgan fingerprint density at radius 3 is 2.33 bits per heavy atom. The van der Waals surface area contributed by atoms with Gasteiger partial charge in [-0.3, -0.25) is 14.4 Å². The number of rotatable bonds is 7. The first kappa shape index (κ1) is 35.8. The average Bonchev–Trinajstić information content (AvgIpc) is 3.02. The Hall–Kier alpha value is -4.47. The molecule has 1 N–H and O–H groups in total. The van der Waals surface area contributed by atoms with E-state index in [1.165, 1.54) is 26.1 Å². The topological polar surface area (TPSA) is 89.9 Å². The maximum Gasteiger partial charge on any atom is 0.417 e. The van der Waals surface area contributed by atoms with E-state index in [4.69, 9.17) is 9.47 Å². The fourth-order valence-corrected chi connectivity index (χ4v) is 6.10. The third-order valence-corrected chi connectivity index (χ3v) is 8.73. The lowest BCUT2D eigenvalue weighted by molar-refractivity contribution is -0.167. The second-order valence-electron chi connectivity index (χ2n) is 11.9. The summed E-state index contributed by atoms with van der Waals surface area (Å²) in [5.74, 6) is -4.89. The Bertz CT molecular complexity index is 1830. The molecular formula is C33H31F8N3O5. The normalized spacial score (nSPS) is 17.3. The van der Waals surface area contributed by atoms with Crippen LogP contribution in [0.1, 0.15) is 46.1 Å². The van der Waals surface area contributed by atoms with Gasteiger partial charge >= 0.3 is 12.4 Å². The van der Waals surface area contributed by atoms with Gasteiger partial charge in [-0.1, -0.05) is 12.1 Å². The lowest BCUT2D eigenvalue weighted by Gasteiger charge is -2.38. The van der Waals surface area contributed by atoms with E-state index < -0.39 is 82.3 Å². The van der Waals surface area contributed by atoms with Gasteiger partial charge in [-0.2, -0.15) is 26.3 Å². The molecule has 0 spiro atoms. The summed E-state index contributed by atoms with van der Waals surface area (Å²) in [4.78, 5) is 39.7. The number of carbonyl (C=O) groups is 2. The second kappa shape index (κ2) is 13.4. The van der Waals surface area contributed by atoms with Gasteiger partial charge in [0.15, 0.2) is 5.78 Å². The van der Waals surface area contributed by atoms with E-state index in [2.05, 4.69) is 5.32 Å². The molecule has 1 saturated heterocycles. The summed E-state index contributed by atoms with van der Waals surface area (Å²) >= 11 is 0. The molecule has 0 bridgehead atoms. The molecule has 1 aromatic heterocycles. The summed E-state index contributed by atoms with van der Waals surface area (Å²) in [6.07, 6.45) is -9.16. The quantitative estimate of drug-likeness (QED) is 0.319. The van der Waals surface area contributed by atoms with Crippen LogP contribution < -0.4 is 20.5 Å². The Kier molecular flexibility index (Phi) is 9.83. The van der Waals surface area contributed by atoms with Crippen LogP contribution in [0.4, 0.5) is 40.8 Å². The second-order valence-corrected chi connectivity index (χ2v) is 11.9. The molecule has 16 heteroatoms. The van der Waals surface area contributed by atoms with Gasteiger partial charge in [-0.15, -0.1) is 0 Å². The number of ketones is 1. The van der Waals surface area contributed by atoms with E-state index in [1.807, 2.05) is 0 Å². The Labute approximate surface area is 274 Å². The zero-order valence-corrected chi connectivity index (χ0v) is 26.5. The molecule has 0 unspecified atom stereocenters. The van der Waals surface area contributed by atoms with Crippen molar-refractivity contribution in [3.63, 3.8) is 0 Å². The van der Waals surface area contributed by atoms with Gasteiger partial charge < -0.3 is 24.3 Å². The van der Waals surface area contributed by atoms with Crippen molar-refractivity contribution in [1.29, 1.82) is 0 Å². The summed E-state index contributed by atoms with van der Waals surface area (Å²) in [5, 5.41) is 2.27. The molecule has 2 aromatic carbocycles. The highest BCUT2D eigenvalue weighted by Gasteiger charge is 2.46. The number of halogens is 8. The molecule has 49 heavy (non-hydrogen) atoms. The number of morpholine rings is 1. The Balaban J connectivity index is 1.47. The Morgan fingerprint density at radius 2 is 1.71 bits per heavy atom. The van der Waals surface area contributed by atoms with E-state index in [0.717, 1.165) is 22.5 Å². The standard InChI is InChI=1S/C33H31F8N3O5/c1-16-11-22(32(36,37)38)27(31(47)43(16)3)21-7-6-18(20-5-4-9-49-29(20)21)12-25(17(2)45)42-30(46)28-23(34)13-19(14-24(28)35)44-8-10-48-15-26(44)33(39,40)41/h6-7,11,13-14,25-26H,4-5,8-10,12,15H2,1-3H3,(H,42,46)/t25-,26+/m0/s1. The number of carbonyl (C=O) groups excluding carboxylic acids is 2. The summed E-state index contributed by atoms with van der Waals surface area (Å²) < 4.78 is 125. The number of aryl methyl sites for hydroxylation is 1. The van der Waals surface area contributed by atoms with Crippen LogP contribution in [0.3, 0.4) is 0 Å². The van der Waals surface area contributed by atoms with Gasteiger partial charge in [0.05, 0.1) is 37.0 Å². The highest BCUT2D eigenvalue weighted by atomic mass is 19.4. The number of amides is 1. The molecular weight excluding hydrogens is 670 g/mol. The van der Waals surface area contributed by atoms with Crippen LogP contribution in [0.2, 0.25) is 0 Å². The lowest BCUT2D eigenvalue weighted by Crippen LogP contribution is -2.53. The molecule has 1 fully saturated rings. The molecule has 3 heterocycles. The number of Topliss-reactive ketones (excluding diaryl/α,β-unsaturated/α-hetero) is 1. The van der Waals surface area contributed by atoms with Gasteiger partial charge in [0.25, 0.3) is 11.5 Å². The zero-order chi connectivity index (χ0) is 36.0. The SMILES string of the molecule is CC(=O)[C@H](Cc1ccc(-c2c(C(F)(F)F)cc(C)n(C)c2=O)c2c1CCCO2)NC(=O)c1c(F)cc(N2CCOC[C@@H]2C(F)(F)F)cc1F. The highest BCUT2D eigenvalue weighted by Crippen LogP contribution is 2.43. The predicted molar refractivity (Wildman–Crippen MR) is 161 cm³/mol. The van der Waals surface area contributed by atoms with E-state index in [9.17, 15) is 40.7 Å². The van der Waals surface area contributed by atoms with Gasteiger partial charge in [0.1, 0.15) is 29.0 Å². The number of nitrogens with one attached hydrogen (secondary N) is 1. The number of fused-ring (bicyclic) bond motifs is 1. The number of hydrogen-bond donors (Lipinski definition) is 1. The molecule has 2 atom stereocenters. The third-order valence-electron chi connectivity index (χ3n) is 8.73. The van der Waals surface area contributed by atoms with E-state index in [0.29, 0.717) is 29.7 Å². The fourth-order valence-electron chi connectivity index (χ4n) is 6.10.